The Morgan fingerprint density at radius 1 is 1.09 bits per heavy atom. The fourth-order valence-electron chi connectivity index (χ4n) is 3.65. The Labute approximate surface area is 205 Å². The highest BCUT2D eigenvalue weighted by Gasteiger charge is 2.25. The molecule has 0 saturated heterocycles. The van der Waals surface area contributed by atoms with Crippen LogP contribution in [0.1, 0.15) is 40.1 Å². The van der Waals surface area contributed by atoms with Gasteiger partial charge in [0, 0.05) is 17.6 Å². The van der Waals surface area contributed by atoms with Crippen molar-refractivity contribution in [2.45, 2.75) is 42.2 Å². The maximum Gasteiger partial charge on any atom is 0.339 e. The fraction of sp³-hybridized carbons (Fsp3) is 0.269. The first-order chi connectivity index (χ1) is 16.1. The summed E-state index contributed by atoms with van der Waals surface area (Å²) >= 11 is 5.98. The smallest absolute Gasteiger partial charge is 0.339 e. The van der Waals surface area contributed by atoms with Crippen molar-refractivity contribution in [3.63, 3.8) is 0 Å². The molecule has 0 aliphatic heterocycles. The van der Waals surface area contributed by atoms with E-state index in [1.54, 1.807) is 55.5 Å². The number of aryl methyl sites for hydroxylation is 1. The number of carbonyl (C=O) groups is 1. The second-order valence-electron chi connectivity index (χ2n) is 8.22. The number of methoxy groups -OCH3 is 1. The number of benzene rings is 3. The monoisotopic (exact) mass is 501 g/mol. The number of carbonyl (C=O) groups excluding carboxylic acids is 1. The van der Waals surface area contributed by atoms with Gasteiger partial charge >= 0.3 is 5.97 Å². The largest absolute Gasteiger partial charge is 0.465 e. The van der Waals surface area contributed by atoms with Crippen LogP contribution in [0.15, 0.2) is 76.5 Å². The number of rotatable bonds is 9. The average molecular weight is 502 g/mol. The van der Waals surface area contributed by atoms with E-state index in [1.807, 2.05) is 13.0 Å². The molecule has 8 heteroatoms. The van der Waals surface area contributed by atoms with Gasteiger partial charge in [0.25, 0.3) is 0 Å². The highest BCUT2D eigenvalue weighted by molar-refractivity contribution is 7.91. The van der Waals surface area contributed by atoms with Crippen molar-refractivity contribution in [1.29, 1.82) is 0 Å². The summed E-state index contributed by atoms with van der Waals surface area (Å²) in [6, 6.07) is 18.3. The van der Waals surface area contributed by atoms with E-state index >= 15 is 0 Å². The van der Waals surface area contributed by atoms with Gasteiger partial charge in [0.1, 0.15) is 0 Å². The standard InChI is InChI=1S/C26H28ClNO5S/c1-17-7-12-25(23(13-17)26(30)33-3)34(31,32)22-10-8-19(9-11-22)14-18(2)28-16-24(29)20-5-4-6-21(27)15-20/h4-13,15,18,24,28-29H,14,16H2,1-3H3/t18-,24+/m1/s1. The van der Waals surface area contributed by atoms with Gasteiger partial charge in [-0.15, -0.1) is 0 Å². The molecule has 0 radical (unpaired) electrons. The van der Waals surface area contributed by atoms with Crippen molar-refractivity contribution in [3.8, 4) is 0 Å². The van der Waals surface area contributed by atoms with E-state index in [9.17, 15) is 18.3 Å². The van der Waals surface area contributed by atoms with Gasteiger partial charge in [-0.25, -0.2) is 13.2 Å². The lowest BCUT2D eigenvalue weighted by Gasteiger charge is -2.18. The first kappa shape index (κ1) is 25.9. The molecule has 0 spiro atoms. The van der Waals surface area contributed by atoms with E-state index < -0.39 is 21.9 Å². The Kier molecular flexibility index (Phi) is 8.49. The molecule has 0 aliphatic carbocycles. The quantitative estimate of drug-likeness (QED) is 0.419. The lowest BCUT2D eigenvalue weighted by Crippen LogP contribution is -2.32. The number of esters is 1. The minimum Gasteiger partial charge on any atom is -0.465 e. The predicted molar refractivity (Wildman–Crippen MR) is 132 cm³/mol. The summed E-state index contributed by atoms with van der Waals surface area (Å²) in [6.45, 7) is 4.13. The summed E-state index contributed by atoms with van der Waals surface area (Å²) < 4.78 is 31.2. The molecular weight excluding hydrogens is 474 g/mol. The van der Waals surface area contributed by atoms with Crippen LogP contribution in [0.2, 0.25) is 5.02 Å². The van der Waals surface area contributed by atoms with Crippen LogP contribution in [0.5, 0.6) is 0 Å². The molecule has 3 aromatic rings. The van der Waals surface area contributed by atoms with Crippen LogP contribution in [0.3, 0.4) is 0 Å². The fourth-order valence-corrected chi connectivity index (χ4v) is 5.28. The van der Waals surface area contributed by atoms with E-state index in [1.165, 1.54) is 19.2 Å². The zero-order valence-corrected chi connectivity index (χ0v) is 20.9. The highest BCUT2D eigenvalue weighted by atomic mass is 35.5. The van der Waals surface area contributed by atoms with Crippen LogP contribution in [-0.2, 0) is 21.0 Å². The van der Waals surface area contributed by atoms with Crippen LogP contribution in [0, 0.1) is 6.92 Å². The third kappa shape index (κ3) is 6.24. The molecule has 180 valence electrons. The summed E-state index contributed by atoms with van der Waals surface area (Å²) in [5.41, 5.74) is 2.46. The average Bonchev–Trinajstić information content (AvgIpc) is 2.82. The number of hydrogen-bond acceptors (Lipinski definition) is 6. The second-order valence-corrected chi connectivity index (χ2v) is 10.6. The zero-order valence-electron chi connectivity index (χ0n) is 19.3. The van der Waals surface area contributed by atoms with E-state index in [0.717, 1.165) is 16.7 Å². The Bertz CT molecular complexity index is 1260. The summed E-state index contributed by atoms with van der Waals surface area (Å²) in [7, 11) is -2.68. The lowest BCUT2D eigenvalue weighted by molar-refractivity contribution is 0.0596. The molecule has 0 heterocycles. The van der Waals surface area contributed by atoms with Crippen molar-refractivity contribution < 1.29 is 23.1 Å². The van der Waals surface area contributed by atoms with E-state index in [0.29, 0.717) is 18.0 Å². The molecule has 3 aromatic carbocycles. The number of aliphatic hydroxyl groups excluding tert-OH is 1. The molecule has 0 unspecified atom stereocenters. The van der Waals surface area contributed by atoms with Gasteiger partial charge in [-0.3, -0.25) is 0 Å². The first-order valence-corrected chi connectivity index (χ1v) is 12.7. The molecule has 0 aliphatic rings. The second kappa shape index (κ2) is 11.1. The predicted octanol–water partition coefficient (Wildman–Crippen LogP) is 4.52. The number of ether oxygens (including phenoxy) is 1. The highest BCUT2D eigenvalue weighted by Crippen LogP contribution is 2.26. The summed E-state index contributed by atoms with van der Waals surface area (Å²) in [4.78, 5) is 12.2. The van der Waals surface area contributed by atoms with Crippen molar-refractivity contribution >= 4 is 27.4 Å². The molecule has 3 rings (SSSR count). The maximum atomic E-state index is 13.2. The van der Waals surface area contributed by atoms with Gasteiger partial charge in [0.2, 0.25) is 9.84 Å². The van der Waals surface area contributed by atoms with Crippen LogP contribution >= 0.6 is 11.6 Å². The van der Waals surface area contributed by atoms with Gasteiger partial charge in [-0.05, 0) is 67.8 Å². The minimum absolute atomic E-state index is 0.0164. The maximum absolute atomic E-state index is 13.2. The molecule has 0 bridgehead atoms. The number of aliphatic hydroxyl groups is 1. The molecule has 0 amide bonds. The third-order valence-corrected chi connectivity index (χ3v) is 7.56. The van der Waals surface area contributed by atoms with Gasteiger partial charge in [0.05, 0.1) is 28.6 Å². The van der Waals surface area contributed by atoms with E-state index in [-0.39, 0.29) is 21.4 Å². The Morgan fingerprint density at radius 3 is 2.44 bits per heavy atom. The molecule has 0 fully saturated rings. The van der Waals surface area contributed by atoms with Crippen molar-refractivity contribution in [2.75, 3.05) is 13.7 Å². The number of sulfone groups is 1. The molecule has 34 heavy (non-hydrogen) atoms. The Morgan fingerprint density at radius 2 is 1.79 bits per heavy atom. The summed E-state index contributed by atoms with van der Waals surface area (Å²) in [5, 5.41) is 14.2. The molecule has 0 saturated carbocycles. The zero-order chi connectivity index (χ0) is 24.9. The number of hydrogen-bond donors (Lipinski definition) is 2. The van der Waals surface area contributed by atoms with Crippen molar-refractivity contribution in [3.05, 3.63) is 94.0 Å². The van der Waals surface area contributed by atoms with Crippen LogP contribution in [-0.4, -0.2) is 39.2 Å². The third-order valence-electron chi connectivity index (χ3n) is 5.50. The summed E-state index contributed by atoms with van der Waals surface area (Å²) in [6.07, 6.45) is -0.0484. The SMILES string of the molecule is COC(=O)c1cc(C)ccc1S(=O)(=O)c1ccc(C[C@@H](C)NC[C@H](O)c2cccc(Cl)c2)cc1. The normalized spacial score (nSPS) is 13.3. The molecular formula is C26H28ClNO5S. The van der Waals surface area contributed by atoms with Gasteiger partial charge in [-0.1, -0.05) is 47.5 Å². The lowest BCUT2D eigenvalue weighted by atomic mass is 10.1. The Balaban J connectivity index is 1.68. The van der Waals surface area contributed by atoms with Crippen molar-refractivity contribution in [2.24, 2.45) is 0 Å². The van der Waals surface area contributed by atoms with Crippen molar-refractivity contribution in [1.82, 2.24) is 5.32 Å². The van der Waals surface area contributed by atoms with Crippen LogP contribution in [0.4, 0.5) is 0 Å². The molecule has 2 atom stereocenters. The van der Waals surface area contributed by atoms with E-state index in [2.05, 4.69) is 5.32 Å². The number of nitrogens with one attached hydrogen (secondary N) is 1. The van der Waals surface area contributed by atoms with Gasteiger partial charge < -0.3 is 15.2 Å². The molecule has 2 N–H and O–H groups in total. The Hall–Kier alpha value is -2.71. The number of halogens is 1. The topological polar surface area (TPSA) is 92.7 Å². The minimum atomic E-state index is -3.90. The van der Waals surface area contributed by atoms with Crippen LogP contribution < -0.4 is 5.32 Å². The first-order valence-electron chi connectivity index (χ1n) is 10.8. The molecule has 0 aromatic heterocycles. The van der Waals surface area contributed by atoms with E-state index in [4.69, 9.17) is 16.3 Å². The van der Waals surface area contributed by atoms with Crippen LogP contribution in [0.25, 0.3) is 0 Å². The van der Waals surface area contributed by atoms with Gasteiger partial charge in [0.15, 0.2) is 0 Å². The molecule has 6 nitrogen and oxygen atoms in total. The van der Waals surface area contributed by atoms with Gasteiger partial charge in [-0.2, -0.15) is 0 Å². The summed E-state index contributed by atoms with van der Waals surface area (Å²) in [5.74, 6) is -0.696.